The Bertz CT molecular complexity index is 567. The second kappa shape index (κ2) is 6.39. The summed E-state index contributed by atoms with van der Waals surface area (Å²) in [5.74, 6) is 1.20. The summed E-state index contributed by atoms with van der Waals surface area (Å²) in [6.45, 7) is 9.81. The van der Waals surface area contributed by atoms with Gasteiger partial charge in [0.2, 0.25) is 11.7 Å². The largest absolute Gasteiger partial charge is 0.339 e. The van der Waals surface area contributed by atoms with Crippen LogP contribution in [0, 0.1) is 5.41 Å². The molecule has 0 saturated heterocycles. The number of hydrogen-bond acceptors (Lipinski definition) is 5. The molecule has 0 aromatic carbocycles. The normalized spacial score (nSPS) is 13.6. The maximum Gasteiger partial charge on any atom is 0.228 e. The molecule has 6 nitrogen and oxygen atoms in total. The minimum Gasteiger partial charge on any atom is -0.339 e. The summed E-state index contributed by atoms with van der Waals surface area (Å²) in [6, 6.07) is 2.18. The molecule has 0 aliphatic rings. The quantitative estimate of drug-likeness (QED) is 0.885. The highest BCUT2D eigenvalue weighted by Gasteiger charge is 2.26. The molecule has 1 atom stereocenters. The van der Waals surface area contributed by atoms with E-state index in [-0.39, 0.29) is 5.41 Å². The van der Waals surface area contributed by atoms with Crippen LogP contribution in [-0.2, 0) is 13.5 Å². The van der Waals surface area contributed by atoms with Crippen molar-refractivity contribution in [2.24, 2.45) is 12.5 Å². The van der Waals surface area contributed by atoms with Crippen LogP contribution in [0.15, 0.2) is 16.8 Å². The van der Waals surface area contributed by atoms with Crippen molar-refractivity contribution in [1.82, 2.24) is 25.2 Å². The monoisotopic (exact) mass is 291 g/mol. The summed E-state index contributed by atoms with van der Waals surface area (Å²) in [4.78, 5) is 4.46. The molecule has 0 spiro atoms. The minimum absolute atomic E-state index is 0.134. The van der Waals surface area contributed by atoms with Gasteiger partial charge in [0.15, 0.2) is 0 Å². The average molecular weight is 291 g/mol. The van der Waals surface area contributed by atoms with Gasteiger partial charge in [0.25, 0.3) is 0 Å². The molecule has 1 unspecified atom stereocenters. The van der Waals surface area contributed by atoms with E-state index in [0.717, 1.165) is 25.1 Å². The molecular formula is C15H25N5O. The van der Waals surface area contributed by atoms with Gasteiger partial charge in [-0.15, -0.1) is 0 Å². The third kappa shape index (κ3) is 4.14. The van der Waals surface area contributed by atoms with Crippen LogP contribution in [0.2, 0.25) is 0 Å². The molecular weight excluding hydrogens is 266 g/mol. The summed E-state index contributed by atoms with van der Waals surface area (Å²) in [5, 5.41) is 11.9. The molecule has 0 aliphatic heterocycles. The molecule has 1 N–H and O–H groups in total. The predicted octanol–water partition coefficient (Wildman–Crippen LogP) is 2.43. The number of nitrogens with zero attached hydrogens (tertiary/aromatic N) is 4. The van der Waals surface area contributed by atoms with E-state index in [0.29, 0.717) is 17.8 Å². The van der Waals surface area contributed by atoms with Crippen LogP contribution in [0.25, 0.3) is 11.5 Å². The topological polar surface area (TPSA) is 68.8 Å². The van der Waals surface area contributed by atoms with Crippen molar-refractivity contribution < 1.29 is 4.52 Å². The van der Waals surface area contributed by atoms with Crippen molar-refractivity contribution in [3.8, 4) is 11.5 Å². The Hall–Kier alpha value is -1.69. The van der Waals surface area contributed by atoms with Crippen LogP contribution >= 0.6 is 0 Å². The van der Waals surface area contributed by atoms with E-state index in [1.807, 2.05) is 19.3 Å². The van der Waals surface area contributed by atoms with Crippen molar-refractivity contribution in [2.45, 2.75) is 46.6 Å². The minimum atomic E-state index is 0.134. The third-order valence-electron chi connectivity index (χ3n) is 3.48. The highest BCUT2D eigenvalue weighted by atomic mass is 16.5. The van der Waals surface area contributed by atoms with Gasteiger partial charge in [0.05, 0.1) is 0 Å². The van der Waals surface area contributed by atoms with E-state index in [9.17, 15) is 0 Å². The number of aryl methyl sites for hydroxylation is 1. The van der Waals surface area contributed by atoms with Crippen molar-refractivity contribution in [2.75, 3.05) is 6.54 Å². The van der Waals surface area contributed by atoms with E-state index in [2.05, 4.69) is 48.3 Å². The Morgan fingerprint density at radius 2 is 2.14 bits per heavy atom. The van der Waals surface area contributed by atoms with Crippen LogP contribution in [0.1, 0.15) is 40.0 Å². The first kappa shape index (κ1) is 15.7. The zero-order chi connectivity index (χ0) is 15.5. The average Bonchev–Trinajstić information content (AvgIpc) is 3.01. The van der Waals surface area contributed by atoms with Crippen molar-refractivity contribution in [1.29, 1.82) is 0 Å². The zero-order valence-electron chi connectivity index (χ0n) is 13.6. The maximum absolute atomic E-state index is 5.38. The summed E-state index contributed by atoms with van der Waals surface area (Å²) >= 11 is 0. The van der Waals surface area contributed by atoms with Gasteiger partial charge in [-0.05, 0) is 24.4 Å². The summed E-state index contributed by atoms with van der Waals surface area (Å²) in [5.41, 5.74) is 0.871. The second-order valence-corrected chi connectivity index (χ2v) is 6.46. The zero-order valence-corrected chi connectivity index (χ0v) is 13.6. The molecule has 0 aliphatic carbocycles. The van der Waals surface area contributed by atoms with E-state index in [1.165, 1.54) is 0 Å². The fourth-order valence-electron chi connectivity index (χ4n) is 2.15. The smallest absolute Gasteiger partial charge is 0.228 e. The van der Waals surface area contributed by atoms with Gasteiger partial charge in [-0.1, -0.05) is 32.9 Å². The van der Waals surface area contributed by atoms with Gasteiger partial charge < -0.3 is 9.84 Å². The van der Waals surface area contributed by atoms with Gasteiger partial charge >= 0.3 is 0 Å². The van der Waals surface area contributed by atoms with Crippen molar-refractivity contribution in [3.63, 3.8) is 0 Å². The lowest BCUT2D eigenvalue weighted by molar-refractivity contribution is 0.244. The molecule has 2 rings (SSSR count). The number of hydrogen-bond donors (Lipinski definition) is 1. The number of rotatable bonds is 6. The van der Waals surface area contributed by atoms with Crippen LogP contribution in [-0.4, -0.2) is 32.5 Å². The molecule has 0 bridgehead atoms. The molecule has 0 amide bonds. The first-order chi connectivity index (χ1) is 9.90. The standard InChI is InChI=1S/C15H25N5O/c1-6-8-16-12(15(2,3)4)10-13-17-14(19-21-13)11-7-9-20(5)18-11/h7,9,12,16H,6,8,10H2,1-5H3. The third-order valence-corrected chi connectivity index (χ3v) is 3.48. The Kier molecular flexibility index (Phi) is 4.77. The van der Waals surface area contributed by atoms with E-state index >= 15 is 0 Å². The Balaban J connectivity index is 2.09. The maximum atomic E-state index is 5.38. The van der Waals surface area contributed by atoms with E-state index in [4.69, 9.17) is 4.52 Å². The SMILES string of the molecule is CCCNC(Cc1nc(-c2ccn(C)n2)no1)C(C)(C)C. The Morgan fingerprint density at radius 1 is 1.38 bits per heavy atom. The van der Waals surface area contributed by atoms with Gasteiger partial charge in [-0.3, -0.25) is 4.68 Å². The van der Waals surface area contributed by atoms with E-state index in [1.54, 1.807) is 4.68 Å². The van der Waals surface area contributed by atoms with Crippen molar-refractivity contribution in [3.05, 3.63) is 18.2 Å². The van der Waals surface area contributed by atoms with Gasteiger partial charge in [0, 0.05) is 25.7 Å². The number of aromatic nitrogens is 4. The fourth-order valence-corrected chi connectivity index (χ4v) is 2.15. The lowest BCUT2D eigenvalue weighted by Gasteiger charge is -2.30. The first-order valence-electron chi connectivity index (χ1n) is 7.46. The van der Waals surface area contributed by atoms with Gasteiger partial charge in [-0.25, -0.2) is 0 Å². The predicted molar refractivity (Wildman–Crippen MR) is 81.7 cm³/mol. The molecule has 0 saturated carbocycles. The second-order valence-electron chi connectivity index (χ2n) is 6.46. The Morgan fingerprint density at radius 3 is 2.71 bits per heavy atom. The van der Waals surface area contributed by atoms with Crippen LogP contribution in [0.3, 0.4) is 0 Å². The lowest BCUT2D eigenvalue weighted by atomic mass is 9.84. The lowest BCUT2D eigenvalue weighted by Crippen LogP contribution is -2.42. The molecule has 6 heteroatoms. The highest BCUT2D eigenvalue weighted by Crippen LogP contribution is 2.23. The van der Waals surface area contributed by atoms with Crippen LogP contribution < -0.4 is 5.32 Å². The molecule has 2 aromatic rings. The molecule has 0 fully saturated rings. The summed E-state index contributed by atoms with van der Waals surface area (Å²) in [7, 11) is 1.87. The van der Waals surface area contributed by atoms with E-state index < -0.39 is 0 Å². The first-order valence-corrected chi connectivity index (χ1v) is 7.46. The van der Waals surface area contributed by atoms with Crippen LogP contribution in [0.5, 0.6) is 0 Å². The highest BCUT2D eigenvalue weighted by molar-refractivity contribution is 5.46. The summed E-state index contributed by atoms with van der Waals surface area (Å²) < 4.78 is 7.11. The molecule has 116 valence electrons. The fraction of sp³-hybridized carbons (Fsp3) is 0.667. The number of nitrogens with one attached hydrogen (secondary N) is 1. The molecule has 2 heterocycles. The molecule has 21 heavy (non-hydrogen) atoms. The van der Waals surface area contributed by atoms with Crippen molar-refractivity contribution >= 4 is 0 Å². The molecule has 0 radical (unpaired) electrons. The van der Waals surface area contributed by atoms with Gasteiger partial charge in [-0.2, -0.15) is 10.1 Å². The van der Waals surface area contributed by atoms with Gasteiger partial charge in [0.1, 0.15) is 5.69 Å². The Labute approximate surface area is 125 Å². The summed E-state index contributed by atoms with van der Waals surface area (Å²) in [6.07, 6.45) is 3.70. The molecule has 2 aromatic heterocycles. The van der Waals surface area contributed by atoms with Crippen LogP contribution in [0.4, 0.5) is 0 Å².